The zero-order valence-corrected chi connectivity index (χ0v) is 13.2. The molecule has 5 heteroatoms. The van der Waals surface area contributed by atoms with E-state index in [9.17, 15) is 9.59 Å². The molecule has 5 nitrogen and oxygen atoms in total. The standard InChI is InChI=1S/C18H21N3O2/c1-14(22)20-11-12-21-18(23)17(16-5-3-2-4-6-16)13-15-7-9-19-10-8-15/h2-10,17H,11-13H2,1H3,(H,20,22)(H,21,23). The molecule has 0 radical (unpaired) electrons. The first-order valence-corrected chi connectivity index (χ1v) is 7.63. The molecule has 0 aliphatic rings. The Bertz CT molecular complexity index is 629. The second-order valence-corrected chi connectivity index (χ2v) is 5.30. The highest BCUT2D eigenvalue weighted by Crippen LogP contribution is 2.20. The second kappa shape index (κ2) is 8.68. The lowest BCUT2D eigenvalue weighted by molar-refractivity contribution is -0.123. The van der Waals surface area contributed by atoms with Gasteiger partial charge in [0.25, 0.3) is 0 Å². The van der Waals surface area contributed by atoms with Crippen molar-refractivity contribution in [2.75, 3.05) is 13.1 Å². The van der Waals surface area contributed by atoms with Crippen molar-refractivity contribution >= 4 is 11.8 Å². The van der Waals surface area contributed by atoms with Gasteiger partial charge in [-0.2, -0.15) is 0 Å². The average Bonchev–Trinajstić information content (AvgIpc) is 2.58. The molecule has 2 amide bonds. The van der Waals surface area contributed by atoms with Gasteiger partial charge in [0.05, 0.1) is 5.92 Å². The first-order valence-electron chi connectivity index (χ1n) is 7.63. The number of pyridine rings is 1. The summed E-state index contributed by atoms with van der Waals surface area (Å²) in [6.45, 7) is 2.30. The zero-order chi connectivity index (χ0) is 16.5. The smallest absolute Gasteiger partial charge is 0.227 e. The van der Waals surface area contributed by atoms with Crippen molar-refractivity contribution in [2.24, 2.45) is 0 Å². The monoisotopic (exact) mass is 311 g/mol. The van der Waals surface area contributed by atoms with E-state index in [1.807, 2.05) is 42.5 Å². The van der Waals surface area contributed by atoms with E-state index in [4.69, 9.17) is 0 Å². The summed E-state index contributed by atoms with van der Waals surface area (Å²) in [7, 11) is 0. The summed E-state index contributed by atoms with van der Waals surface area (Å²) in [4.78, 5) is 27.4. The van der Waals surface area contributed by atoms with Crippen molar-refractivity contribution in [3.63, 3.8) is 0 Å². The minimum Gasteiger partial charge on any atom is -0.355 e. The van der Waals surface area contributed by atoms with E-state index in [1.165, 1.54) is 6.92 Å². The van der Waals surface area contributed by atoms with E-state index in [0.29, 0.717) is 19.5 Å². The minimum absolute atomic E-state index is 0.0432. The van der Waals surface area contributed by atoms with Crippen LogP contribution in [0.3, 0.4) is 0 Å². The van der Waals surface area contributed by atoms with Crippen LogP contribution >= 0.6 is 0 Å². The Morgan fingerprint density at radius 3 is 2.30 bits per heavy atom. The third-order valence-corrected chi connectivity index (χ3v) is 3.51. The van der Waals surface area contributed by atoms with Crippen LogP contribution < -0.4 is 10.6 Å². The predicted molar refractivity (Wildman–Crippen MR) is 88.8 cm³/mol. The molecule has 2 rings (SSSR count). The second-order valence-electron chi connectivity index (χ2n) is 5.30. The Morgan fingerprint density at radius 1 is 1.00 bits per heavy atom. The minimum atomic E-state index is -0.268. The molecular weight excluding hydrogens is 290 g/mol. The van der Waals surface area contributed by atoms with Crippen molar-refractivity contribution in [1.82, 2.24) is 15.6 Å². The van der Waals surface area contributed by atoms with Crippen LogP contribution in [-0.2, 0) is 16.0 Å². The van der Waals surface area contributed by atoms with Gasteiger partial charge in [-0.1, -0.05) is 30.3 Å². The Kier molecular flexibility index (Phi) is 6.29. The van der Waals surface area contributed by atoms with E-state index in [-0.39, 0.29) is 17.7 Å². The normalized spacial score (nSPS) is 11.5. The molecule has 23 heavy (non-hydrogen) atoms. The lowest BCUT2D eigenvalue weighted by Gasteiger charge is -2.17. The van der Waals surface area contributed by atoms with Gasteiger partial charge in [0.1, 0.15) is 0 Å². The largest absolute Gasteiger partial charge is 0.355 e. The summed E-state index contributed by atoms with van der Waals surface area (Å²) in [5, 5.41) is 5.55. The summed E-state index contributed by atoms with van der Waals surface area (Å²) in [5.41, 5.74) is 2.03. The number of rotatable bonds is 7. The maximum atomic E-state index is 12.6. The van der Waals surface area contributed by atoms with Crippen LogP contribution in [0.5, 0.6) is 0 Å². The fourth-order valence-electron chi connectivity index (χ4n) is 2.35. The number of hydrogen-bond donors (Lipinski definition) is 2. The van der Waals surface area contributed by atoms with Gasteiger partial charge in [-0.15, -0.1) is 0 Å². The number of carbonyl (C=O) groups is 2. The summed E-state index contributed by atoms with van der Waals surface area (Å²) in [6.07, 6.45) is 4.07. The van der Waals surface area contributed by atoms with Crippen molar-refractivity contribution in [1.29, 1.82) is 0 Å². The molecule has 1 atom stereocenters. The Labute approximate surface area is 136 Å². The van der Waals surface area contributed by atoms with E-state index in [1.54, 1.807) is 12.4 Å². The zero-order valence-electron chi connectivity index (χ0n) is 13.2. The van der Waals surface area contributed by atoms with Crippen molar-refractivity contribution in [3.05, 3.63) is 66.0 Å². The van der Waals surface area contributed by atoms with Gasteiger partial charge in [0, 0.05) is 32.4 Å². The molecule has 0 saturated carbocycles. The molecular formula is C18H21N3O2. The highest BCUT2D eigenvalue weighted by Gasteiger charge is 2.20. The predicted octanol–water partition coefficient (Wildman–Crippen LogP) is 1.66. The molecule has 1 aromatic heterocycles. The van der Waals surface area contributed by atoms with Crippen LogP contribution in [0.4, 0.5) is 0 Å². The van der Waals surface area contributed by atoms with E-state index < -0.39 is 0 Å². The maximum Gasteiger partial charge on any atom is 0.227 e. The third-order valence-electron chi connectivity index (χ3n) is 3.51. The molecule has 1 aromatic carbocycles. The number of hydrogen-bond acceptors (Lipinski definition) is 3. The highest BCUT2D eigenvalue weighted by atomic mass is 16.2. The van der Waals surface area contributed by atoms with Gasteiger partial charge in [-0.3, -0.25) is 14.6 Å². The van der Waals surface area contributed by atoms with Gasteiger partial charge in [0.15, 0.2) is 0 Å². The molecule has 1 heterocycles. The molecule has 120 valence electrons. The average molecular weight is 311 g/mol. The lowest BCUT2D eigenvalue weighted by atomic mass is 9.91. The number of benzene rings is 1. The fourth-order valence-corrected chi connectivity index (χ4v) is 2.35. The molecule has 2 aromatic rings. The fraction of sp³-hybridized carbons (Fsp3) is 0.278. The Hall–Kier alpha value is -2.69. The molecule has 0 aliphatic heterocycles. The molecule has 0 spiro atoms. The number of nitrogens with one attached hydrogen (secondary N) is 2. The molecule has 0 saturated heterocycles. The number of carbonyl (C=O) groups excluding carboxylic acids is 2. The molecule has 1 unspecified atom stereocenters. The molecule has 0 bridgehead atoms. The van der Waals surface area contributed by atoms with E-state index in [0.717, 1.165) is 11.1 Å². The van der Waals surface area contributed by atoms with E-state index >= 15 is 0 Å². The first-order chi connectivity index (χ1) is 11.2. The quantitative estimate of drug-likeness (QED) is 0.764. The molecule has 0 fully saturated rings. The van der Waals surface area contributed by atoms with Crippen LogP contribution in [0.2, 0.25) is 0 Å². The van der Waals surface area contributed by atoms with Crippen LogP contribution in [0.1, 0.15) is 24.0 Å². The van der Waals surface area contributed by atoms with Gasteiger partial charge >= 0.3 is 0 Å². The maximum absolute atomic E-state index is 12.6. The SMILES string of the molecule is CC(=O)NCCNC(=O)C(Cc1ccncc1)c1ccccc1. The molecule has 0 aliphatic carbocycles. The van der Waals surface area contributed by atoms with Gasteiger partial charge in [0.2, 0.25) is 11.8 Å². The van der Waals surface area contributed by atoms with Crippen LogP contribution in [0.15, 0.2) is 54.9 Å². The van der Waals surface area contributed by atoms with Crippen LogP contribution in [-0.4, -0.2) is 29.9 Å². The molecule has 2 N–H and O–H groups in total. The van der Waals surface area contributed by atoms with Gasteiger partial charge < -0.3 is 10.6 Å². The van der Waals surface area contributed by atoms with Crippen LogP contribution in [0.25, 0.3) is 0 Å². The van der Waals surface area contributed by atoms with Crippen molar-refractivity contribution in [2.45, 2.75) is 19.3 Å². The Morgan fingerprint density at radius 2 is 1.65 bits per heavy atom. The highest BCUT2D eigenvalue weighted by molar-refractivity contribution is 5.84. The van der Waals surface area contributed by atoms with Gasteiger partial charge in [-0.05, 0) is 29.7 Å². The lowest BCUT2D eigenvalue weighted by Crippen LogP contribution is -2.36. The van der Waals surface area contributed by atoms with E-state index in [2.05, 4.69) is 15.6 Å². The number of aromatic nitrogens is 1. The third kappa shape index (κ3) is 5.54. The first kappa shape index (κ1) is 16.7. The van der Waals surface area contributed by atoms with Crippen molar-refractivity contribution in [3.8, 4) is 0 Å². The number of nitrogens with zero attached hydrogens (tertiary/aromatic N) is 1. The van der Waals surface area contributed by atoms with Gasteiger partial charge in [-0.25, -0.2) is 0 Å². The number of amides is 2. The van der Waals surface area contributed by atoms with Crippen LogP contribution in [0, 0.1) is 0 Å². The Balaban J connectivity index is 2.04. The van der Waals surface area contributed by atoms with Crippen molar-refractivity contribution < 1.29 is 9.59 Å². The summed E-state index contributed by atoms with van der Waals surface area (Å²) < 4.78 is 0. The summed E-state index contributed by atoms with van der Waals surface area (Å²) in [5.74, 6) is -0.412. The topological polar surface area (TPSA) is 71.1 Å². The summed E-state index contributed by atoms with van der Waals surface area (Å²) >= 11 is 0. The summed E-state index contributed by atoms with van der Waals surface area (Å²) in [6, 6.07) is 13.5.